The Morgan fingerprint density at radius 3 is 2.88 bits per heavy atom. The van der Waals surface area contributed by atoms with E-state index in [-0.39, 0.29) is 6.79 Å². The highest BCUT2D eigenvalue weighted by Gasteiger charge is 2.16. The summed E-state index contributed by atoms with van der Waals surface area (Å²) in [6.07, 6.45) is 10.7. The van der Waals surface area contributed by atoms with Crippen molar-refractivity contribution in [2.75, 3.05) is 6.79 Å². The Morgan fingerprint density at radius 1 is 1.00 bits per heavy atom. The van der Waals surface area contributed by atoms with Gasteiger partial charge in [0.1, 0.15) is 5.82 Å². The Morgan fingerprint density at radius 2 is 1.96 bits per heavy atom. The molecule has 0 saturated carbocycles. The van der Waals surface area contributed by atoms with Crippen LogP contribution in [0.4, 0.5) is 0 Å². The number of fused-ring (bicyclic) bond motifs is 2. The normalized spacial score (nSPS) is 15.8. The third-order valence-corrected chi connectivity index (χ3v) is 4.31. The van der Waals surface area contributed by atoms with E-state index in [0.29, 0.717) is 5.65 Å². The van der Waals surface area contributed by atoms with Crippen LogP contribution in [0.5, 0.6) is 11.5 Å². The van der Waals surface area contributed by atoms with Gasteiger partial charge in [-0.15, -0.1) is 0 Å². The second kappa shape index (κ2) is 5.23. The van der Waals surface area contributed by atoms with Gasteiger partial charge in [0.15, 0.2) is 17.1 Å². The van der Waals surface area contributed by atoms with Gasteiger partial charge in [0.2, 0.25) is 6.79 Å². The summed E-state index contributed by atoms with van der Waals surface area (Å²) < 4.78 is 10.8. The number of nitrogens with zero attached hydrogens (tertiary/aromatic N) is 2. The van der Waals surface area contributed by atoms with Gasteiger partial charge in [-0.3, -0.25) is 0 Å². The lowest BCUT2D eigenvalue weighted by atomic mass is 10.0. The van der Waals surface area contributed by atoms with Gasteiger partial charge in [-0.05, 0) is 42.7 Å². The highest BCUT2D eigenvalue weighted by Crippen LogP contribution is 2.35. The third-order valence-electron chi connectivity index (χ3n) is 4.31. The van der Waals surface area contributed by atoms with Crippen molar-refractivity contribution in [1.82, 2.24) is 15.0 Å². The van der Waals surface area contributed by atoms with Crippen LogP contribution >= 0.6 is 0 Å². The van der Waals surface area contributed by atoms with Crippen molar-refractivity contribution >= 4 is 16.7 Å². The molecule has 0 fully saturated rings. The maximum Gasteiger partial charge on any atom is 0.231 e. The van der Waals surface area contributed by atoms with Gasteiger partial charge in [0.05, 0.1) is 5.52 Å². The Hall–Kier alpha value is -3.08. The van der Waals surface area contributed by atoms with E-state index in [0.717, 1.165) is 46.8 Å². The monoisotopic (exact) mass is 317 g/mol. The zero-order valence-electron chi connectivity index (χ0n) is 13.0. The highest BCUT2D eigenvalue weighted by molar-refractivity contribution is 5.83. The number of ether oxygens (including phenoxy) is 2. The van der Waals surface area contributed by atoms with Crippen molar-refractivity contribution in [2.45, 2.75) is 12.8 Å². The Labute approximate surface area is 138 Å². The van der Waals surface area contributed by atoms with Crippen molar-refractivity contribution in [3.05, 3.63) is 54.3 Å². The van der Waals surface area contributed by atoms with Crippen molar-refractivity contribution in [3.8, 4) is 22.9 Å². The molecule has 1 N–H and O–H groups in total. The van der Waals surface area contributed by atoms with Crippen LogP contribution in [-0.2, 0) is 0 Å². The fourth-order valence-corrected chi connectivity index (χ4v) is 3.07. The van der Waals surface area contributed by atoms with Gasteiger partial charge in [0.25, 0.3) is 0 Å². The second-order valence-corrected chi connectivity index (χ2v) is 5.89. The number of aromatic amines is 1. The van der Waals surface area contributed by atoms with Gasteiger partial charge >= 0.3 is 0 Å². The molecule has 2 aliphatic rings. The number of H-pyrrole nitrogens is 1. The van der Waals surface area contributed by atoms with Crippen LogP contribution in [0.15, 0.2) is 48.7 Å². The number of imidazole rings is 1. The number of allylic oxidation sites excluding steroid dienone is 4. The molecule has 3 aromatic rings. The average molecular weight is 317 g/mol. The van der Waals surface area contributed by atoms with E-state index in [1.54, 1.807) is 0 Å². The lowest BCUT2D eigenvalue weighted by Crippen LogP contribution is -1.92. The maximum atomic E-state index is 5.44. The summed E-state index contributed by atoms with van der Waals surface area (Å²) in [4.78, 5) is 12.5. The van der Waals surface area contributed by atoms with Crippen LogP contribution in [0.2, 0.25) is 0 Å². The molecule has 5 heteroatoms. The van der Waals surface area contributed by atoms with Crippen LogP contribution in [0, 0.1) is 0 Å². The molecule has 1 aliphatic carbocycles. The first-order valence-electron chi connectivity index (χ1n) is 8.00. The molecule has 3 heterocycles. The van der Waals surface area contributed by atoms with Crippen molar-refractivity contribution in [2.24, 2.45) is 0 Å². The summed E-state index contributed by atoms with van der Waals surface area (Å²) in [7, 11) is 0. The summed E-state index contributed by atoms with van der Waals surface area (Å²) in [6, 6.07) is 7.92. The third kappa shape index (κ3) is 2.17. The van der Waals surface area contributed by atoms with Crippen LogP contribution in [0.1, 0.15) is 18.4 Å². The number of aromatic nitrogens is 3. The Balaban J connectivity index is 1.56. The molecule has 0 saturated heterocycles. The molecular formula is C19H15N3O2. The number of nitrogens with one attached hydrogen (secondary N) is 1. The van der Waals surface area contributed by atoms with E-state index < -0.39 is 0 Å². The van der Waals surface area contributed by atoms with Gasteiger partial charge in [-0.25, -0.2) is 9.97 Å². The van der Waals surface area contributed by atoms with E-state index in [1.165, 1.54) is 5.57 Å². The van der Waals surface area contributed by atoms with Crippen LogP contribution in [0.3, 0.4) is 0 Å². The standard InChI is InChI=1S/C19H15N3O2/c1-2-4-12(5-3-1)14-8-15-19(20-10-14)22-18(21-15)13-6-7-16-17(9-13)24-11-23-16/h2,4-10H,1,3,11H2,(H,20,21,22). The molecule has 118 valence electrons. The van der Waals surface area contributed by atoms with E-state index in [2.05, 4.69) is 39.2 Å². The summed E-state index contributed by atoms with van der Waals surface area (Å²) in [5.41, 5.74) is 4.93. The summed E-state index contributed by atoms with van der Waals surface area (Å²) in [5.74, 6) is 2.30. The van der Waals surface area contributed by atoms with E-state index in [9.17, 15) is 0 Å². The van der Waals surface area contributed by atoms with Crippen molar-refractivity contribution in [3.63, 3.8) is 0 Å². The molecule has 0 amide bonds. The molecule has 1 aromatic carbocycles. The SMILES string of the molecule is C1=CC(c2cnc3nc(-c4ccc5c(c4)OCO5)[nH]c3c2)=CCC1. The van der Waals surface area contributed by atoms with Crippen LogP contribution in [0.25, 0.3) is 28.1 Å². The first-order valence-corrected chi connectivity index (χ1v) is 8.00. The molecular weight excluding hydrogens is 302 g/mol. The molecule has 5 nitrogen and oxygen atoms in total. The van der Waals surface area contributed by atoms with Crippen molar-refractivity contribution in [1.29, 1.82) is 0 Å². The first kappa shape index (κ1) is 13.4. The summed E-state index contributed by atoms with van der Waals surface area (Å²) >= 11 is 0. The lowest BCUT2D eigenvalue weighted by molar-refractivity contribution is 0.174. The molecule has 5 rings (SSSR count). The second-order valence-electron chi connectivity index (χ2n) is 5.89. The molecule has 24 heavy (non-hydrogen) atoms. The number of rotatable bonds is 2. The fourth-order valence-electron chi connectivity index (χ4n) is 3.07. The average Bonchev–Trinajstić information content (AvgIpc) is 3.27. The zero-order chi connectivity index (χ0) is 15.9. The molecule has 0 spiro atoms. The Bertz CT molecular complexity index is 1000. The predicted molar refractivity (Wildman–Crippen MR) is 91.8 cm³/mol. The number of benzene rings is 1. The maximum absolute atomic E-state index is 5.44. The molecule has 0 bridgehead atoms. The fraction of sp³-hybridized carbons (Fsp3) is 0.158. The topological polar surface area (TPSA) is 60.0 Å². The minimum absolute atomic E-state index is 0.270. The van der Waals surface area contributed by atoms with E-state index >= 15 is 0 Å². The summed E-state index contributed by atoms with van der Waals surface area (Å²) in [6.45, 7) is 0.270. The van der Waals surface area contributed by atoms with Gasteiger partial charge in [-0.1, -0.05) is 18.2 Å². The van der Waals surface area contributed by atoms with Crippen LogP contribution < -0.4 is 9.47 Å². The van der Waals surface area contributed by atoms with E-state index in [4.69, 9.17) is 9.47 Å². The largest absolute Gasteiger partial charge is 0.454 e. The van der Waals surface area contributed by atoms with Gasteiger partial charge in [0, 0.05) is 17.3 Å². The van der Waals surface area contributed by atoms with E-state index in [1.807, 2.05) is 24.4 Å². The predicted octanol–water partition coefficient (Wildman–Crippen LogP) is 4.09. The quantitative estimate of drug-likeness (QED) is 0.773. The van der Waals surface area contributed by atoms with Crippen LogP contribution in [-0.4, -0.2) is 21.7 Å². The number of hydrogen-bond donors (Lipinski definition) is 1. The lowest BCUT2D eigenvalue weighted by Gasteiger charge is -2.06. The van der Waals surface area contributed by atoms with Crippen molar-refractivity contribution < 1.29 is 9.47 Å². The number of pyridine rings is 1. The van der Waals surface area contributed by atoms with Gasteiger partial charge in [-0.2, -0.15) is 0 Å². The minimum Gasteiger partial charge on any atom is -0.454 e. The smallest absolute Gasteiger partial charge is 0.231 e. The first-order chi connectivity index (χ1) is 11.9. The number of hydrogen-bond acceptors (Lipinski definition) is 4. The zero-order valence-corrected chi connectivity index (χ0v) is 13.0. The molecule has 2 aromatic heterocycles. The molecule has 1 aliphatic heterocycles. The summed E-state index contributed by atoms with van der Waals surface area (Å²) in [5, 5.41) is 0. The molecule has 0 unspecified atom stereocenters. The Kier molecular flexibility index (Phi) is 2.91. The molecule has 0 radical (unpaired) electrons. The van der Waals surface area contributed by atoms with Gasteiger partial charge < -0.3 is 14.5 Å². The molecule has 0 atom stereocenters. The minimum atomic E-state index is 0.270. The highest BCUT2D eigenvalue weighted by atomic mass is 16.7.